The van der Waals surface area contributed by atoms with Gasteiger partial charge in [-0.15, -0.1) is 0 Å². The van der Waals surface area contributed by atoms with Crippen LogP contribution in [0.2, 0.25) is 0 Å². The van der Waals surface area contributed by atoms with E-state index in [0.717, 1.165) is 0 Å². The van der Waals surface area contributed by atoms with Crippen molar-refractivity contribution in [1.82, 2.24) is 10.9 Å². The van der Waals surface area contributed by atoms with E-state index in [9.17, 15) is 0 Å². The van der Waals surface area contributed by atoms with Crippen molar-refractivity contribution < 1.29 is 0 Å². The molecular formula is C12H22N2. The first-order valence-corrected chi connectivity index (χ1v) is 6.16. The van der Waals surface area contributed by atoms with Gasteiger partial charge in [0.2, 0.25) is 0 Å². The average Bonchev–Trinajstić information content (AvgIpc) is 2.29. The molecule has 0 spiro atoms. The Morgan fingerprint density at radius 2 is 1.86 bits per heavy atom. The summed E-state index contributed by atoms with van der Waals surface area (Å²) in [6.45, 7) is 0. The van der Waals surface area contributed by atoms with E-state index in [1.165, 1.54) is 63.5 Å². The second-order valence-electron chi connectivity index (χ2n) is 4.58. The van der Waals surface area contributed by atoms with Crippen LogP contribution < -0.4 is 10.9 Å². The molecule has 0 bridgehead atoms. The summed E-state index contributed by atoms with van der Waals surface area (Å²) in [5.41, 5.74) is 8.29. The Hall–Kier alpha value is -0.500. The molecule has 80 valence electrons. The molecule has 0 aromatic heterocycles. The largest absolute Gasteiger partial charge is 0.326 e. The minimum atomic E-state index is 0.714. The van der Waals surface area contributed by atoms with E-state index < -0.39 is 0 Å². The van der Waals surface area contributed by atoms with Crippen molar-refractivity contribution in [3.05, 3.63) is 11.8 Å². The molecular weight excluding hydrogens is 172 g/mol. The van der Waals surface area contributed by atoms with Crippen molar-refractivity contribution >= 4 is 0 Å². The number of rotatable bonds is 3. The number of allylic oxidation sites excluding steroid dienone is 2. The average molecular weight is 194 g/mol. The number of hydrazine groups is 1. The van der Waals surface area contributed by atoms with Crippen LogP contribution in [-0.2, 0) is 0 Å². The fraction of sp³-hybridized carbons (Fsp3) is 0.833. The second-order valence-corrected chi connectivity index (χ2v) is 4.58. The van der Waals surface area contributed by atoms with E-state index in [1.54, 1.807) is 0 Å². The first-order chi connectivity index (χ1) is 6.95. The summed E-state index contributed by atoms with van der Waals surface area (Å²) in [6, 6.07) is 0.714. The van der Waals surface area contributed by atoms with Gasteiger partial charge in [-0.25, -0.2) is 5.43 Å². The molecule has 0 radical (unpaired) electrons. The van der Waals surface area contributed by atoms with Gasteiger partial charge < -0.3 is 5.43 Å². The Labute approximate surface area is 87.1 Å². The van der Waals surface area contributed by atoms with E-state index in [4.69, 9.17) is 0 Å². The van der Waals surface area contributed by atoms with Gasteiger partial charge >= 0.3 is 0 Å². The van der Waals surface area contributed by atoms with Crippen LogP contribution >= 0.6 is 0 Å². The maximum atomic E-state index is 3.47. The van der Waals surface area contributed by atoms with E-state index in [1.807, 2.05) is 0 Å². The van der Waals surface area contributed by atoms with Crippen LogP contribution in [0.1, 0.15) is 57.8 Å². The van der Waals surface area contributed by atoms with E-state index in [0.29, 0.717) is 6.04 Å². The predicted molar refractivity (Wildman–Crippen MR) is 59.7 cm³/mol. The highest BCUT2D eigenvalue weighted by molar-refractivity contribution is 5.01. The van der Waals surface area contributed by atoms with Crippen molar-refractivity contribution in [2.75, 3.05) is 0 Å². The lowest BCUT2D eigenvalue weighted by atomic mass is 9.96. The normalized spacial score (nSPS) is 24.4. The zero-order valence-electron chi connectivity index (χ0n) is 9.02. The third kappa shape index (κ3) is 3.02. The zero-order chi connectivity index (χ0) is 9.64. The molecule has 2 rings (SSSR count). The third-order valence-electron chi connectivity index (χ3n) is 3.33. The lowest BCUT2D eigenvalue weighted by Crippen LogP contribution is -2.41. The zero-order valence-corrected chi connectivity index (χ0v) is 9.02. The molecule has 2 aliphatic carbocycles. The van der Waals surface area contributed by atoms with Crippen molar-refractivity contribution in [3.8, 4) is 0 Å². The monoisotopic (exact) mass is 194 g/mol. The van der Waals surface area contributed by atoms with Crippen LogP contribution in [-0.4, -0.2) is 6.04 Å². The molecule has 2 aliphatic rings. The van der Waals surface area contributed by atoms with Gasteiger partial charge in [-0.1, -0.05) is 25.3 Å². The quantitative estimate of drug-likeness (QED) is 0.675. The molecule has 0 saturated heterocycles. The molecule has 2 heteroatoms. The van der Waals surface area contributed by atoms with Crippen molar-refractivity contribution in [3.63, 3.8) is 0 Å². The molecule has 0 atom stereocenters. The lowest BCUT2D eigenvalue weighted by Gasteiger charge is -2.25. The molecule has 1 fully saturated rings. The minimum Gasteiger partial charge on any atom is -0.326 e. The van der Waals surface area contributed by atoms with Crippen LogP contribution in [0.15, 0.2) is 11.8 Å². The second kappa shape index (κ2) is 5.40. The Balaban J connectivity index is 1.67. The highest BCUT2D eigenvalue weighted by Gasteiger charge is 2.12. The van der Waals surface area contributed by atoms with Gasteiger partial charge in [-0.3, -0.25) is 0 Å². The maximum absolute atomic E-state index is 3.47. The topological polar surface area (TPSA) is 24.1 Å². The van der Waals surface area contributed by atoms with E-state index in [-0.39, 0.29) is 0 Å². The molecule has 0 amide bonds. The first-order valence-electron chi connectivity index (χ1n) is 6.16. The summed E-state index contributed by atoms with van der Waals surface area (Å²) >= 11 is 0. The molecule has 1 saturated carbocycles. The van der Waals surface area contributed by atoms with Gasteiger partial charge in [0.05, 0.1) is 0 Å². The summed E-state index contributed by atoms with van der Waals surface area (Å²) in [5, 5.41) is 0. The van der Waals surface area contributed by atoms with Gasteiger partial charge in [0.1, 0.15) is 0 Å². The molecule has 2 nitrogen and oxygen atoms in total. The SMILES string of the molecule is C1=C(NNC2CCCCC2)CCCC1. The number of hydrogen-bond acceptors (Lipinski definition) is 2. The highest BCUT2D eigenvalue weighted by atomic mass is 15.4. The summed E-state index contributed by atoms with van der Waals surface area (Å²) in [4.78, 5) is 0. The molecule has 0 aliphatic heterocycles. The van der Waals surface area contributed by atoms with Crippen molar-refractivity contribution in [2.45, 2.75) is 63.8 Å². The fourth-order valence-electron chi connectivity index (χ4n) is 2.39. The van der Waals surface area contributed by atoms with Gasteiger partial charge in [-0.2, -0.15) is 0 Å². The van der Waals surface area contributed by atoms with Crippen LogP contribution in [0.25, 0.3) is 0 Å². The summed E-state index contributed by atoms with van der Waals surface area (Å²) in [5.74, 6) is 0. The van der Waals surface area contributed by atoms with Crippen LogP contribution in [0, 0.1) is 0 Å². The van der Waals surface area contributed by atoms with Gasteiger partial charge in [-0.05, 0) is 38.5 Å². The van der Waals surface area contributed by atoms with Crippen LogP contribution in [0.3, 0.4) is 0 Å². The van der Waals surface area contributed by atoms with Gasteiger partial charge in [0.25, 0.3) is 0 Å². The summed E-state index contributed by atoms with van der Waals surface area (Å²) < 4.78 is 0. The molecule has 0 heterocycles. The first kappa shape index (κ1) is 10.0. The predicted octanol–water partition coefficient (Wildman–Crippen LogP) is 2.87. The van der Waals surface area contributed by atoms with Crippen LogP contribution in [0.5, 0.6) is 0 Å². The number of nitrogens with one attached hydrogen (secondary N) is 2. The lowest BCUT2D eigenvalue weighted by molar-refractivity contribution is 0.345. The Morgan fingerprint density at radius 3 is 2.57 bits per heavy atom. The summed E-state index contributed by atoms with van der Waals surface area (Å²) in [6.07, 6.45) is 14.5. The molecule has 2 N–H and O–H groups in total. The smallest absolute Gasteiger partial charge is 0.0260 e. The Morgan fingerprint density at radius 1 is 1.00 bits per heavy atom. The molecule has 0 aromatic rings. The minimum absolute atomic E-state index is 0.714. The fourth-order valence-corrected chi connectivity index (χ4v) is 2.39. The molecule has 0 aromatic carbocycles. The van der Waals surface area contributed by atoms with Crippen LogP contribution in [0.4, 0.5) is 0 Å². The summed E-state index contributed by atoms with van der Waals surface area (Å²) in [7, 11) is 0. The number of hydrogen-bond donors (Lipinski definition) is 2. The standard InChI is InChI=1S/C12H22N2/c1-3-7-11(8-4-1)13-14-12-9-5-2-6-10-12/h7,12-14H,1-6,8-10H2. The van der Waals surface area contributed by atoms with Gasteiger partial charge in [0, 0.05) is 11.7 Å². The maximum Gasteiger partial charge on any atom is 0.0260 e. The molecule has 14 heavy (non-hydrogen) atoms. The Bertz CT molecular complexity index is 192. The Kier molecular flexibility index (Phi) is 3.87. The highest BCUT2D eigenvalue weighted by Crippen LogP contribution is 2.18. The van der Waals surface area contributed by atoms with Crippen molar-refractivity contribution in [1.29, 1.82) is 0 Å². The van der Waals surface area contributed by atoms with Gasteiger partial charge in [0.15, 0.2) is 0 Å². The third-order valence-corrected chi connectivity index (χ3v) is 3.33. The van der Waals surface area contributed by atoms with E-state index in [2.05, 4.69) is 16.9 Å². The van der Waals surface area contributed by atoms with Crippen molar-refractivity contribution in [2.24, 2.45) is 0 Å². The van der Waals surface area contributed by atoms with E-state index >= 15 is 0 Å². The molecule has 0 unspecified atom stereocenters.